The van der Waals surface area contributed by atoms with Gasteiger partial charge in [-0.2, -0.15) is 0 Å². The number of pyridine rings is 1. The average Bonchev–Trinajstić information content (AvgIpc) is 3.17. The Kier molecular flexibility index (Phi) is 5.31. The summed E-state index contributed by atoms with van der Waals surface area (Å²) in [6, 6.07) is 18.0. The maximum Gasteiger partial charge on any atom is 0.262 e. The highest BCUT2D eigenvalue weighted by molar-refractivity contribution is 7.21. The lowest BCUT2D eigenvalue weighted by atomic mass is 10.1. The monoisotopic (exact) mass is 403 g/mol. The summed E-state index contributed by atoms with van der Waals surface area (Å²) in [7, 11) is 0. The van der Waals surface area contributed by atoms with Gasteiger partial charge in [0.1, 0.15) is 21.1 Å². The maximum absolute atomic E-state index is 12.1. The Balaban J connectivity index is 1.35. The molecule has 0 bridgehead atoms. The zero-order valence-corrected chi connectivity index (χ0v) is 16.4. The third-order valence-electron chi connectivity index (χ3n) is 4.21. The van der Waals surface area contributed by atoms with E-state index in [1.807, 2.05) is 36.4 Å². The summed E-state index contributed by atoms with van der Waals surface area (Å²) >= 11 is 1.53. The lowest BCUT2D eigenvalue weighted by Gasteiger charge is -2.08. The van der Waals surface area contributed by atoms with E-state index in [0.717, 1.165) is 20.9 Å². The molecule has 0 aliphatic carbocycles. The second kappa shape index (κ2) is 8.20. The van der Waals surface area contributed by atoms with Gasteiger partial charge in [-0.25, -0.2) is 9.97 Å². The van der Waals surface area contributed by atoms with Crippen LogP contribution in [0.5, 0.6) is 5.75 Å². The normalized spacial score (nSPS) is 10.7. The van der Waals surface area contributed by atoms with Crippen LogP contribution in [-0.2, 0) is 4.79 Å². The summed E-state index contributed by atoms with van der Waals surface area (Å²) in [5.41, 5.74) is 3.12. The molecule has 1 amide bonds. The van der Waals surface area contributed by atoms with E-state index in [-0.39, 0.29) is 18.3 Å². The molecule has 4 aromatic rings. The first-order valence-electron chi connectivity index (χ1n) is 8.94. The molecule has 0 aliphatic heterocycles. The molecule has 0 radical (unpaired) electrons. The predicted octanol–water partition coefficient (Wildman–Crippen LogP) is 4.58. The number of thiazole rings is 1. The van der Waals surface area contributed by atoms with Crippen LogP contribution in [0.1, 0.15) is 17.3 Å². The van der Waals surface area contributed by atoms with Crippen molar-refractivity contribution in [2.45, 2.75) is 6.92 Å². The summed E-state index contributed by atoms with van der Waals surface area (Å²) < 4.78 is 5.46. The van der Waals surface area contributed by atoms with Crippen LogP contribution in [-0.4, -0.2) is 28.3 Å². The van der Waals surface area contributed by atoms with Crippen LogP contribution in [0.25, 0.3) is 20.9 Å². The highest BCUT2D eigenvalue weighted by Gasteiger charge is 2.08. The summed E-state index contributed by atoms with van der Waals surface area (Å²) in [5.74, 6) is 0.252. The SMILES string of the molecule is CC(=O)c1ccc(OCC(=O)Nc2ccc(-c3nc4cccnc4s3)cc2)cc1. The van der Waals surface area contributed by atoms with E-state index >= 15 is 0 Å². The fourth-order valence-corrected chi connectivity index (χ4v) is 3.63. The number of carbonyl (C=O) groups is 2. The molecule has 0 fully saturated rings. The largest absolute Gasteiger partial charge is 0.484 e. The molecule has 2 aromatic heterocycles. The van der Waals surface area contributed by atoms with Gasteiger partial charge in [0, 0.05) is 23.0 Å². The number of nitrogens with zero attached hydrogens (tertiary/aromatic N) is 2. The molecule has 1 N–H and O–H groups in total. The van der Waals surface area contributed by atoms with Crippen LogP contribution < -0.4 is 10.1 Å². The minimum atomic E-state index is -0.266. The minimum Gasteiger partial charge on any atom is -0.484 e. The molecule has 144 valence electrons. The Morgan fingerprint density at radius 2 is 1.79 bits per heavy atom. The Morgan fingerprint density at radius 1 is 1.03 bits per heavy atom. The lowest BCUT2D eigenvalue weighted by Crippen LogP contribution is -2.20. The zero-order chi connectivity index (χ0) is 20.2. The number of ether oxygens (including phenoxy) is 1. The van der Waals surface area contributed by atoms with Crippen molar-refractivity contribution in [3.8, 4) is 16.3 Å². The number of ketones is 1. The van der Waals surface area contributed by atoms with Gasteiger partial charge < -0.3 is 10.1 Å². The van der Waals surface area contributed by atoms with Crippen molar-refractivity contribution in [1.29, 1.82) is 0 Å². The van der Waals surface area contributed by atoms with Gasteiger partial charge in [0.15, 0.2) is 12.4 Å². The molecule has 0 atom stereocenters. The molecule has 4 rings (SSSR count). The first kappa shape index (κ1) is 18.8. The van der Waals surface area contributed by atoms with Gasteiger partial charge in [0.05, 0.1) is 0 Å². The molecule has 2 aromatic carbocycles. The van der Waals surface area contributed by atoms with Gasteiger partial charge in [0.2, 0.25) is 0 Å². The molecule has 0 saturated carbocycles. The maximum atomic E-state index is 12.1. The van der Waals surface area contributed by atoms with Crippen LogP contribution in [0, 0.1) is 0 Å². The highest BCUT2D eigenvalue weighted by Crippen LogP contribution is 2.29. The summed E-state index contributed by atoms with van der Waals surface area (Å²) in [5, 5.41) is 3.68. The van der Waals surface area contributed by atoms with Crippen molar-refractivity contribution in [3.63, 3.8) is 0 Å². The number of amides is 1. The van der Waals surface area contributed by atoms with E-state index in [0.29, 0.717) is 17.0 Å². The quantitative estimate of drug-likeness (QED) is 0.477. The van der Waals surface area contributed by atoms with E-state index in [4.69, 9.17) is 4.74 Å². The number of benzene rings is 2. The Hall–Kier alpha value is -3.58. The molecule has 0 saturated heterocycles. The number of nitrogens with one attached hydrogen (secondary N) is 1. The highest BCUT2D eigenvalue weighted by atomic mass is 32.1. The van der Waals surface area contributed by atoms with Gasteiger partial charge in [-0.3, -0.25) is 9.59 Å². The number of hydrogen-bond donors (Lipinski definition) is 1. The second-order valence-corrected chi connectivity index (χ2v) is 7.32. The second-order valence-electron chi connectivity index (χ2n) is 6.34. The third kappa shape index (κ3) is 4.47. The first-order chi connectivity index (χ1) is 14.1. The molecule has 2 heterocycles. The number of carbonyl (C=O) groups excluding carboxylic acids is 2. The van der Waals surface area contributed by atoms with Crippen molar-refractivity contribution < 1.29 is 14.3 Å². The van der Waals surface area contributed by atoms with Crippen molar-refractivity contribution >= 4 is 39.1 Å². The molecule has 7 heteroatoms. The molecular weight excluding hydrogens is 386 g/mol. The number of Topliss-reactive ketones (excluding diaryl/α,β-unsaturated/α-hetero) is 1. The van der Waals surface area contributed by atoms with Crippen molar-refractivity contribution in [2.75, 3.05) is 11.9 Å². The Morgan fingerprint density at radius 3 is 2.48 bits per heavy atom. The number of hydrogen-bond acceptors (Lipinski definition) is 6. The molecule has 29 heavy (non-hydrogen) atoms. The van der Waals surface area contributed by atoms with Gasteiger partial charge >= 0.3 is 0 Å². The molecular formula is C22H17N3O3S. The molecule has 0 unspecified atom stereocenters. The van der Waals surface area contributed by atoms with E-state index in [1.54, 1.807) is 30.5 Å². The van der Waals surface area contributed by atoms with E-state index in [9.17, 15) is 9.59 Å². The van der Waals surface area contributed by atoms with E-state index in [1.165, 1.54) is 18.3 Å². The van der Waals surface area contributed by atoms with Crippen LogP contribution in [0.3, 0.4) is 0 Å². The standard InChI is InChI=1S/C22H17N3O3S/c1-14(26)15-6-10-18(11-7-15)28-13-20(27)24-17-8-4-16(5-9-17)21-25-19-3-2-12-23-22(19)29-21/h2-12H,13H2,1H3,(H,24,27). The third-order valence-corrected chi connectivity index (χ3v) is 5.24. The number of rotatable bonds is 6. The van der Waals surface area contributed by atoms with E-state index in [2.05, 4.69) is 15.3 Å². The summed E-state index contributed by atoms with van der Waals surface area (Å²) in [4.78, 5) is 33.2. The van der Waals surface area contributed by atoms with Gasteiger partial charge in [-0.05, 0) is 67.6 Å². The van der Waals surface area contributed by atoms with Crippen LogP contribution >= 0.6 is 11.3 Å². The van der Waals surface area contributed by atoms with Crippen molar-refractivity contribution in [1.82, 2.24) is 9.97 Å². The Bertz CT molecular complexity index is 1140. The van der Waals surface area contributed by atoms with Crippen molar-refractivity contribution in [3.05, 3.63) is 72.4 Å². The number of anilines is 1. The summed E-state index contributed by atoms with van der Waals surface area (Å²) in [6.45, 7) is 1.38. The van der Waals surface area contributed by atoms with Crippen LogP contribution in [0.4, 0.5) is 5.69 Å². The van der Waals surface area contributed by atoms with Crippen LogP contribution in [0.2, 0.25) is 0 Å². The topological polar surface area (TPSA) is 81.2 Å². The first-order valence-corrected chi connectivity index (χ1v) is 9.76. The predicted molar refractivity (Wildman–Crippen MR) is 113 cm³/mol. The van der Waals surface area contributed by atoms with Gasteiger partial charge in [0.25, 0.3) is 5.91 Å². The number of fused-ring (bicyclic) bond motifs is 1. The zero-order valence-electron chi connectivity index (χ0n) is 15.6. The van der Waals surface area contributed by atoms with Gasteiger partial charge in [-0.15, -0.1) is 0 Å². The lowest BCUT2D eigenvalue weighted by molar-refractivity contribution is -0.118. The average molecular weight is 403 g/mol. The minimum absolute atomic E-state index is 0.0140. The molecule has 6 nitrogen and oxygen atoms in total. The molecule has 0 aliphatic rings. The van der Waals surface area contributed by atoms with Gasteiger partial charge in [-0.1, -0.05) is 11.3 Å². The summed E-state index contributed by atoms with van der Waals surface area (Å²) in [6.07, 6.45) is 1.75. The smallest absolute Gasteiger partial charge is 0.262 e. The van der Waals surface area contributed by atoms with Crippen molar-refractivity contribution in [2.24, 2.45) is 0 Å². The fraction of sp³-hybridized carbons (Fsp3) is 0.0909. The number of aromatic nitrogens is 2. The Labute approximate surface area is 171 Å². The van der Waals surface area contributed by atoms with E-state index < -0.39 is 0 Å². The fourth-order valence-electron chi connectivity index (χ4n) is 2.72. The van der Waals surface area contributed by atoms with Crippen LogP contribution in [0.15, 0.2) is 66.9 Å². The molecule has 0 spiro atoms.